The molecule has 0 N–H and O–H groups in total. The van der Waals surface area contributed by atoms with Gasteiger partial charge in [-0.3, -0.25) is 9.59 Å². The Bertz CT molecular complexity index is 601. The fraction of sp³-hybridized carbons (Fsp3) is 0.800. The molecule has 2 heteroatoms. The Kier molecular flexibility index (Phi) is 2.62. The van der Waals surface area contributed by atoms with E-state index >= 15 is 0 Å². The molecule has 3 saturated carbocycles. The molecule has 0 aromatic rings. The lowest BCUT2D eigenvalue weighted by molar-refractivity contribution is -0.166. The van der Waals surface area contributed by atoms with E-state index in [4.69, 9.17) is 0 Å². The van der Waals surface area contributed by atoms with Crippen LogP contribution in [-0.4, -0.2) is 11.6 Å². The molecule has 22 heavy (non-hydrogen) atoms. The highest BCUT2D eigenvalue weighted by atomic mass is 16.1. The van der Waals surface area contributed by atoms with E-state index in [0.717, 1.165) is 6.42 Å². The molecule has 4 aliphatic carbocycles. The van der Waals surface area contributed by atoms with Gasteiger partial charge in [-0.2, -0.15) is 0 Å². The normalized spacial score (nSPS) is 52.4. The second-order valence-corrected chi connectivity index (χ2v) is 9.82. The summed E-state index contributed by atoms with van der Waals surface area (Å²) in [5, 5.41) is 0. The number of carbonyl (C=O) groups excluding carboxylic acids is 2. The van der Waals surface area contributed by atoms with Gasteiger partial charge in [0.05, 0.1) is 0 Å². The maximum absolute atomic E-state index is 12.7. The first kappa shape index (κ1) is 14.7. The molecule has 0 aromatic carbocycles. The molecular weight excluding hydrogens is 272 g/mol. The van der Waals surface area contributed by atoms with Crippen LogP contribution in [0.4, 0.5) is 0 Å². The summed E-state index contributed by atoms with van der Waals surface area (Å²) in [6, 6.07) is 0. The molecular formula is C20H28O2. The molecule has 0 heterocycles. The average molecular weight is 300 g/mol. The summed E-state index contributed by atoms with van der Waals surface area (Å²) in [4.78, 5) is 25.2. The maximum Gasteiger partial charge on any atom is 0.142 e. The average Bonchev–Trinajstić information content (AvgIpc) is 2.66. The summed E-state index contributed by atoms with van der Waals surface area (Å²) in [6.45, 7) is 8.97. The zero-order valence-corrected chi connectivity index (χ0v) is 14.4. The van der Waals surface area contributed by atoms with E-state index in [9.17, 15) is 9.59 Å². The summed E-state index contributed by atoms with van der Waals surface area (Å²) >= 11 is 0. The molecule has 0 aliphatic heterocycles. The van der Waals surface area contributed by atoms with E-state index in [1.165, 1.54) is 12.8 Å². The van der Waals surface area contributed by atoms with Gasteiger partial charge in [-0.1, -0.05) is 32.9 Å². The Morgan fingerprint density at radius 2 is 1.73 bits per heavy atom. The van der Waals surface area contributed by atoms with Crippen molar-refractivity contribution < 1.29 is 9.59 Å². The van der Waals surface area contributed by atoms with Gasteiger partial charge in [-0.15, -0.1) is 0 Å². The zero-order chi connectivity index (χ0) is 16.0. The van der Waals surface area contributed by atoms with Gasteiger partial charge in [0.1, 0.15) is 11.6 Å². The zero-order valence-electron chi connectivity index (χ0n) is 14.4. The first-order valence-electron chi connectivity index (χ1n) is 8.87. The molecule has 2 nitrogen and oxygen atoms in total. The predicted molar refractivity (Wildman–Crippen MR) is 86.3 cm³/mol. The lowest BCUT2D eigenvalue weighted by Crippen LogP contribution is -2.59. The third-order valence-corrected chi connectivity index (χ3v) is 7.86. The van der Waals surface area contributed by atoms with E-state index in [1.807, 2.05) is 0 Å². The van der Waals surface area contributed by atoms with E-state index < -0.39 is 0 Å². The lowest BCUT2D eigenvalue weighted by Gasteiger charge is -2.63. The molecule has 0 unspecified atom stereocenters. The number of ketones is 2. The van der Waals surface area contributed by atoms with Crippen LogP contribution < -0.4 is 0 Å². The molecule has 0 saturated heterocycles. The van der Waals surface area contributed by atoms with Crippen molar-refractivity contribution in [2.24, 2.45) is 33.5 Å². The van der Waals surface area contributed by atoms with Gasteiger partial charge in [0, 0.05) is 24.7 Å². The molecule has 5 atom stereocenters. The van der Waals surface area contributed by atoms with Crippen molar-refractivity contribution in [2.75, 3.05) is 0 Å². The van der Waals surface area contributed by atoms with Gasteiger partial charge in [0.2, 0.25) is 0 Å². The van der Waals surface area contributed by atoms with Crippen LogP contribution in [0, 0.1) is 33.5 Å². The van der Waals surface area contributed by atoms with Gasteiger partial charge in [0.15, 0.2) is 0 Å². The number of rotatable bonds is 0. The SMILES string of the molecule is CC1(C)CC(=O)C[C@]2(C)[C@@H]1CC[C@]13C=C[C@](C)(C1)C(=O)C[C@H]32. The minimum atomic E-state index is -0.228. The Morgan fingerprint density at radius 3 is 2.45 bits per heavy atom. The molecule has 3 fully saturated rings. The molecule has 1 spiro atoms. The highest BCUT2D eigenvalue weighted by molar-refractivity contribution is 5.89. The molecule has 0 radical (unpaired) electrons. The fourth-order valence-corrected chi connectivity index (χ4v) is 7.07. The number of fused-ring (bicyclic) bond motifs is 3. The van der Waals surface area contributed by atoms with E-state index in [1.54, 1.807) is 0 Å². The van der Waals surface area contributed by atoms with Crippen LogP contribution >= 0.6 is 0 Å². The molecule has 0 aromatic heterocycles. The van der Waals surface area contributed by atoms with Gasteiger partial charge in [0.25, 0.3) is 0 Å². The largest absolute Gasteiger partial charge is 0.300 e. The summed E-state index contributed by atoms with van der Waals surface area (Å²) in [5.74, 6) is 1.74. The van der Waals surface area contributed by atoms with Crippen molar-refractivity contribution in [2.45, 2.75) is 66.2 Å². The number of hydrogen-bond donors (Lipinski definition) is 0. The number of allylic oxidation sites excluding steroid dienone is 2. The topological polar surface area (TPSA) is 34.1 Å². The number of carbonyl (C=O) groups is 2. The summed E-state index contributed by atoms with van der Waals surface area (Å²) in [5.41, 5.74) is 0.0378. The standard InChI is InChI=1S/C20H28O2/c1-17(2)10-13(21)11-19(4)14(17)5-6-20-8-7-18(3,12-20)16(22)9-15(19)20/h7-8,14-15H,5-6,9-12H2,1-4H3/t14-,15+,18-,19-,20+/m1/s1. The van der Waals surface area contributed by atoms with Gasteiger partial charge >= 0.3 is 0 Å². The molecule has 0 amide bonds. The minimum Gasteiger partial charge on any atom is -0.300 e. The van der Waals surface area contributed by atoms with Crippen molar-refractivity contribution in [3.8, 4) is 0 Å². The summed E-state index contributed by atoms with van der Waals surface area (Å²) in [7, 11) is 0. The van der Waals surface area contributed by atoms with Crippen LogP contribution in [0.3, 0.4) is 0 Å². The fourth-order valence-electron chi connectivity index (χ4n) is 7.07. The van der Waals surface area contributed by atoms with Crippen molar-refractivity contribution in [1.29, 1.82) is 0 Å². The van der Waals surface area contributed by atoms with Crippen LogP contribution in [0.25, 0.3) is 0 Å². The smallest absolute Gasteiger partial charge is 0.142 e. The first-order valence-corrected chi connectivity index (χ1v) is 8.87. The van der Waals surface area contributed by atoms with Crippen LogP contribution in [0.1, 0.15) is 66.2 Å². The van der Waals surface area contributed by atoms with E-state index in [2.05, 4.69) is 39.8 Å². The summed E-state index contributed by atoms with van der Waals surface area (Å²) < 4.78 is 0. The van der Waals surface area contributed by atoms with Crippen LogP contribution in [0.2, 0.25) is 0 Å². The van der Waals surface area contributed by atoms with E-state index in [0.29, 0.717) is 42.7 Å². The van der Waals surface area contributed by atoms with E-state index in [-0.39, 0.29) is 21.7 Å². The first-order chi connectivity index (χ1) is 10.1. The van der Waals surface area contributed by atoms with Gasteiger partial charge in [-0.25, -0.2) is 0 Å². The Morgan fingerprint density at radius 1 is 1.00 bits per heavy atom. The summed E-state index contributed by atoms with van der Waals surface area (Å²) in [6.07, 6.45) is 10.0. The van der Waals surface area contributed by atoms with Crippen LogP contribution in [-0.2, 0) is 9.59 Å². The van der Waals surface area contributed by atoms with Crippen molar-refractivity contribution in [1.82, 2.24) is 0 Å². The second-order valence-electron chi connectivity index (χ2n) is 9.82. The van der Waals surface area contributed by atoms with Crippen LogP contribution in [0.15, 0.2) is 12.2 Å². The van der Waals surface area contributed by atoms with Crippen LogP contribution in [0.5, 0.6) is 0 Å². The highest BCUT2D eigenvalue weighted by Gasteiger charge is 2.65. The van der Waals surface area contributed by atoms with Crippen molar-refractivity contribution >= 4 is 11.6 Å². The molecule has 4 aliphatic rings. The number of Topliss-reactive ketones (excluding diaryl/α,β-unsaturated/α-hetero) is 2. The highest BCUT2D eigenvalue weighted by Crippen LogP contribution is 2.70. The molecule has 120 valence electrons. The Balaban J connectivity index is 1.81. The molecule has 4 rings (SSSR count). The third kappa shape index (κ3) is 1.62. The van der Waals surface area contributed by atoms with Crippen molar-refractivity contribution in [3.05, 3.63) is 12.2 Å². The predicted octanol–water partition coefficient (Wildman–Crippen LogP) is 4.33. The maximum atomic E-state index is 12.7. The molecule has 2 bridgehead atoms. The third-order valence-electron chi connectivity index (χ3n) is 7.86. The van der Waals surface area contributed by atoms with Gasteiger partial charge in [-0.05, 0) is 54.3 Å². The Labute approximate surface area is 133 Å². The number of hydrogen-bond acceptors (Lipinski definition) is 2. The lowest BCUT2D eigenvalue weighted by atomic mass is 9.40. The van der Waals surface area contributed by atoms with Crippen molar-refractivity contribution in [3.63, 3.8) is 0 Å². The van der Waals surface area contributed by atoms with Gasteiger partial charge < -0.3 is 0 Å². The minimum absolute atomic E-state index is 0.00273. The quantitative estimate of drug-likeness (QED) is 0.624. The second kappa shape index (κ2) is 3.94. The Hall–Kier alpha value is -0.920. The monoisotopic (exact) mass is 300 g/mol.